The summed E-state index contributed by atoms with van der Waals surface area (Å²) in [6, 6.07) is 11.7. The summed E-state index contributed by atoms with van der Waals surface area (Å²) in [5.74, 6) is -0.474. The highest BCUT2D eigenvalue weighted by molar-refractivity contribution is 5.99. The van der Waals surface area contributed by atoms with Crippen molar-refractivity contribution in [2.45, 2.75) is 20.8 Å². The van der Waals surface area contributed by atoms with Gasteiger partial charge in [0.25, 0.3) is 5.91 Å². The van der Waals surface area contributed by atoms with Gasteiger partial charge in [-0.25, -0.2) is 27.5 Å². The number of hydrogen-bond acceptors (Lipinski definition) is 15. The monoisotopic (exact) mass is 988 g/mol. The molecule has 20 heteroatoms. The minimum atomic E-state index is -0.696. The third-order valence-corrected chi connectivity index (χ3v) is 13.4. The SMILES string of the molecule is Cc1c(N2CCNCC2)nc2cc(F)cc(F)c2c1Nc1cncc(N2CCOCC2)c1.Cc1ccc(C(=O)N2CCN(c3nc4cc(F)cc(F)c4c(Nc4cncc(N5CCOCC5)c4)c3C)CC2)o1. The van der Waals surface area contributed by atoms with Crippen molar-refractivity contribution in [1.29, 1.82) is 0 Å². The number of anilines is 8. The lowest BCUT2D eigenvalue weighted by atomic mass is 10.1. The molecule has 0 spiro atoms. The maximum atomic E-state index is 15.2. The van der Waals surface area contributed by atoms with E-state index >= 15 is 4.39 Å². The molecule has 11 rings (SSSR count). The summed E-state index contributed by atoms with van der Waals surface area (Å²) in [6.45, 7) is 16.5. The normalized spacial score (nSPS) is 16.5. The third kappa shape index (κ3) is 10.4. The van der Waals surface area contributed by atoms with Crippen LogP contribution >= 0.6 is 0 Å². The number of benzene rings is 2. The third-order valence-electron chi connectivity index (χ3n) is 13.4. The van der Waals surface area contributed by atoms with Crippen LogP contribution in [0.4, 0.5) is 63.3 Å². The molecule has 5 aromatic heterocycles. The number of rotatable bonds is 9. The number of nitrogens with zero attached hydrogens (tertiary/aromatic N) is 9. The van der Waals surface area contributed by atoms with Crippen LogP contribution < -0.4 is 35.6 Å². The summed E-state index contributed by atoms with van der Waals surface area (Å²) in [6.07, 6.45) is 7.00. The van der Waals surface area contributed by atoms with Gasteiger partial charge in [0.1, 0.15) is 40.7 Å². The van der Waals surface area contributed by atoms with Crippen molar-refractivity contribution in [2.75, 3.05) is 135 Å². The first-order chi connectivity index (χ1) is 35.0. The zero-order valence-corrected chi connectivity index (χ0v) is 40.4. The van der Waals surface area contributed by atoms with Crippen molar-refractivity contribution >= 4 is 73.5 Å². The van der Waals surface area contributed by atoms with Gasteiger partial charge in [0.15, 0.2) is 5.76 Å². The first kappa shape index (κ1) is 48.3. The molecule has 0 bridgehead atoms. The molecule has 2 aromatic carbocycles. The van der Waals surface area contributed by atoms with Crippen LogP contribution in [-0.4, -0.2) is 136 Å². The number of aryl methyl sites for hydroxylation is 1. The Morgan fingerprint density at radius 3 is 1.50 bits per heavy atom. The van der Waals surface area contributed by atoms with Gasteiger partial charge >= 0.3 is 0 Å². The lowest BCUT2D eigenvalue weighted by Crippen LogP contribution is -2.49. The molecule has 4 fully saturated rings. The fourth-order valence-electron chi connectivity index (χ4n) is 9.69. The highest BCUT2D eigenvalue weighted by atomic mass is 19.1. The Labute approximate surface area is 413 Å². The number of fused-ring (bicyclic) bond motifs is 2. The Balaban J connectivity index is 0.000000170. The molecule has 4 saturated heterocycles. The summed E-state index contributed by atoms with van der Waals surface area (Å²) in [4.78, 5) is 41.3. The predicted octanol–water partition coefficient (Wildman–Crippen LogP) is 7.87. The highest BCUT2D eigenvalue weighted by Crippen LogP contribution is 2.39. The number of morpholine rings is 2. The van der Waals surface area contributed by atoms with Gasteiger partial charge in [-0.15, -0.1) is 0 Å². The molecule has 4 aliphatic heterocycles. The molecule has 376 valence electrons. The summed E-state index contributed by atoms with van der Waals surface area (Å²) < 4.78 is 74.9. The molecule has 3 N–H and O–H groups in total. The van der Waals surface area contributed by atoms with Crippen molar-refractivity contribution in [3.05, 3.63) is 119 Å². The van der Waals surface area contributed by atoms with Crippen LogP contribution in [0, 0.1) is 44.0 Å². The minimum absolute atomic E-state index is 0.157. The van der Waals surface area contributed by atoms with Gasteiger partial charge in [0, 0.05) is 114 Å². The number of amides is 1. The standard InChI is InChI=1S/C29H30F2N6O3.C23H26F2N6O/c1-18-3-4-25(40-18)29(38)37-7-5-36(6-8-37)28-19(2)27(26-23(31)13-20(30)14-24(26)34-28)33-21-15-22(17-32-16-21)35-9-11-39-12-10-35;1-15-22(28-17-12-18(14-27-13-17)30-6-8-32-9-7-30)21-19(25)10-16(24)11-20(21)29-23(15)31-4-2-26-3-5-31/h3-4,13-17H,5-12H2,1-2H3,(H,33,34);10-14,26H,2-9H2,1H3,(H,28,29). The van der Waals surface area contributed by atoms with Crippen LogP contribution in [0.5, 0.6) is 0 Å². The Morgan fingerprint density at radius 2 is 1.04 bits per heavy atom. The van der Waals surface area contributed by atoms with Crippen LogP contribution in [0.2, 0.25) is 0 Å². The van der Waals surface area contributed by atoms with Gasteiger partial charge in [-0.1, -0.05) is 0 Å². The van der Waals surface area contributed by atoms with Crippen LogP contribution in [0.3, 0.4) is 0 Å². The number of furan rings is 1. The summed E-state index contributed by atoms with van der Waals surface area (Å²) in [5, 5.41) is 10.5. The van der Waals surface area contributed by atoms with Gasteiger partial charge in [0.05, 0.1) is 107 Å². The Morgan fingerprint density at radius 1 is 0.569 bits per heavy atom. The smallest absolute Gasteiger partial charge is 0.289 e. The van der Waals surface area contributed by atoms with Crippen molar-refractivity contribution < 1.29 is 36.2 Å². The van der Waals surface area contributed by atoms with E-state index in [9.17, 15) is 18.0 Å². The molecule has 0 radical (unpaired) electrons. The number of carbonyl (C=O) groups is 1. The van der Waals surface area contributed by atoms with Gasteiger partial charge in [-0.3, -0.25) is 14.8 Å². The van der Waals surface area contributed by atoms with Crippen LogP contribution in [0.15, 0.2) is 77.7 Å². The number of ether oxygens (including phenoxy) is 2. The summed E-state index contributed by atoms with van der Waals surface area (Å²) in [5.41, 5.74) is 6.46. The average Bonchev–Trinajstić information content (AvgIpc) is 3.84. The lowest BCUT2D eigenvalue weighted by Gasteiger charge is -2.36. The van der Waals surface area contributed by atoms with Crippen molar-refractivity contribution in [2.24, 2.45) is 0 Å². The second-order valence-electron chi connectivity index (χ2n) is 18.2. The second-order valence-corrected chi connectivity index (χ2v) is 18.2. The van der Waals surface area contributed by atoms with Crippen LogP contribution in [-0.2, 0) is 9.47 Å². The van der Waals surface area contributed by atoms with E-state index in [1.807, 2.05) is 37.1 Å². The first-order valence-corrected chi connectivity index (χ1v) is 24.2. The minimum Gasteiger partial charge on any atom is -0.456 e. The van der Waals surface area contributed by atoms with Gasteiger partial charge in [-0.05, 0) is 45.0 Å². The molecule has 1 amide bonds. The molecule has 9 heterocycles. The number of hydrogen-bond donors (Lipinski definition) is 3. The molecule has 0 aliphatic carbocycles. The number of piperazine rings is 2. The lowest BCUT2D eigenvalue weighted by molar-refractivity contribution is 0.0713. The number of aromatic nitrogens is 4. The topological polar surface area (TPSA) is 153 Å². The number of carbonyl (C=O) groups excluding carboxylic acids is 1. The van der Waals surface area contributed by atoms with Gasteiger partial charge in [0.2, 0.25) is 0 Å². The van der Waals surface area contributed by atoms with Gasteiger partial charge < -0.3 is 54.3 Å². The fourth-order valence-corrected chi connectivity index (χ4v) is 9.69. The first-order valence-electron chi connectivity index (χ1n) is 24.2. The van der Waals surface area contributed by atoms with E-state index in [0.29, 0.717) is 92.5 Å². The van der Waals surface area contributed by atoms with E-state index in [0.717, 1.165) is 98.5 Å². The molecular weight excluding hydrogens is 933 g/mol. The molecule has 72 heavy (non-hydrogen) atoms. The van der Waals surface area contributed by atoms with E-state index in [-0.39, 0.29) is 22.2 Å². The summed E-state index contributed by atoms with van der Waals surface area (Å²) in [7, 11) is 0. The second kappa shape index (κ2) is 21.2. The molecule has 16 nitrogen and oxygen atoms in total. The van der Waals surface area contributed by atoms with Crippen molar-refractivity contribution in [1.82, 2.24) is 30.2 Å². The number of nitrogens with one attached hydrogen (secondary N) is 3. The van der Waals surface area contributed by atoms with Crippen LogP contribution in [0.1, 0.15) is 27.4 Å². The molecule has 0 saturated carbocycles. The maximum absolute atomic E-state index is 15.2. The number of pyridine rings is 4. The van der Waals surface area contributed by atoms with Crippen molar-refractivity contribution in [3.63, 3.8) is 0 Å². The highest BCUT2D eigenvalue weighted by Gasteiger charge is 2.28. The van der Waals surface area contributed by atoms with E-state index < -0.39 is 23.3 Å². The zero-order chi connectivity index (χ0) is 49.9. The Kier molecular flexibility index (Phi) is 14.2. The van der Waals surface area contributed by atoms with E-state index in [1.54, 1.807) is 42.5 Å². The Hall–Kier alpha value is -7.29. The van der Waals surface area contributed by atoms with E-state index in [1.165, 1.54) is 12.1 Å². The molecule has 7 aromatic rings. The van der Waals surface area contributed by atoms with Crippen LogP contribution in [0.25, 0.3) is 21.8 Å². The van der Waals surface area contributed by atoms with Gasteiger partial charge in [-0.2, -0.15) is 0 Å². The Bertz CT molecular complexity index is 3100. The van der Waals surface area contributed by atoms with E-state index in [2.05, 4.69) is 45.6 Å². The number of halogens is 4. The quantitative estimate of drug-likeness (QED) is 0.120. The largest absolute Gasteiger partial charge is 0.456 e. The molecule has 0 unspecified atom stereocenters. The zero-order valence-electron chi connectivity index (χ0n) is 40.4. The molecule has 0 atom stereocenters. The maximum Gasteiger partial charge on any atom is 0.289 e. The van der Waals surface area contributed by atoms with E-state index in [4.69, 9.17) is 18.9 Å². The molecule has 4 aliphatic rings. The molecular formula is C52H56F4N12O4. The average molecular weight is 989 g/mol. The van der Waals surface area contributed by atoms with Crippen molar-refractivity contribution in [3.8, 4) is 0 Å². The summed E-state index contributed by atoms with van der Waals surface area (Å²) >= 11 is 0. The predicted molar refractivity (Wildman–Crippen MR) is 271 cm³/mol. The fraction of sp³-hybridized carbons (Fsp3) is 0.365.